The lowest BCUT2D eigenvalue weighted by Crippen LogP contribution is -2.30. The van der Waals surface area contributed by atoms with Gasteiger partial charge in [-0.25, -0.2) is 9.97 Å². The topological polar surface area (TPSA) is 89.2 Å². The molecule has 7 heteroatoms. The first-order valence-electron chi connectivity index (χ1n) is 9.31. The van der Waals surface area contributed by atoms with E-state index in [1.807, 2.05) is 38.1 Å². The fraction of sp³-hybridized carbons (Fsp3) is 0.286. The predicted octanol–water partition coefficient (Wildman–Crippen LogP) is 4.01. The van der Waals surface area contributed by atoms with Crippen molar-refractivity contribution in [2.75, 3.05) is 13.1 Å². The van der Waals surface area contributed by atoms with Crippen molar-refractivity contribution in [2.24, 2.45) is 0 Å². The van der Waals surface area contributed by atoms with Gasteiger partial charge in [0.2, 0.25) is 5.91 Å². The highest BCUT2D eigenvalue weighted by Crippen LogP contribution is 2.24. The molecule has 0 spiro atoms. The molecular formula is C21H22N4O3. The monoisotopic (exact) mass is 378 g/mol. The molecule has 0 N–H and O–H groups in total. The first kappa shape index (κ1) is 19.4. The van der Waals surface area contributed by atoms with E-state index in [4.69, 9.17) is 0 Å². The zero-order chi connectivity index (χ0) is 20.1. The fourth-order valence-corrected chi connectivity index (χ4v) is 3.15. The summed E-state index contributed by atoms with van der Waals surface area (Å²) < 4.78 is 0. The maximum absolute atomic E-state index is 12.4. The van der Waals surface area contributed by atoms with Gasteiger partial charge in [0.25, 0.3) is 5.69 Å². The van der Waals surface area contributed by atoms with Crippen LogP contribution in [0.1, 0.15) is 26.0 Å². The van der Waals surface area contributed by atoms with Gasteiger partial charge in [-0.2, -0.15) is 0 Å². The number of non-ortho nitro benzene ring substituents is 1. The van der Waals surface area contributed by atoms with Crippen molar-refractivity contribution in [2.45, 2.75) is 26.7 Å². The molecule has 0 saturated carbocycles. The second-order valence-corrected chi connectivity index (χ2v) is 6.38. The number of benzene rings is 2. The zero-order valence-electron chi connectivity index (χ0n) is 16.0. The molecule has 0 bridgehead atoms. The van der Waals surface area contributed by atoms with Gasteiger partial charge in [-0.3, -0.25) is 14.9 Å². The smallest absolute Gasteiger partial charge is 0.269 e. The predicted molar refractivity (Wildman–Crippen MR) is 108 cm³/mol. The Labute approximate surface area is 163 Å². The summed E-state index contributed by atoms with van der Waals surface area (Å²) in [6, 6.07) is 13.9. The van der Waals surface area contributed by atoms with E-state index in [1.165, 1.54) is 12.1 Å². The molecule has 0 unspecified atom stereocenters. The zero-order valence-corrected chi connectivity index (χ0v) is 16.0. The lowest BCUT2D eigenvalue weighted by atomic mass is 10.1. The SMILES string of the molecule is CCN(CC)C(=O)CCc1nc(-c2ccc([N+](=O)[O-])cc2)nc2ccccc12. The number of fused-ring (bicyclic) bond motifs is 1. The lowest BCUT2D eigenvalue weighted by Gasteiger charge is -2.18. The number of carbonyl (C=O) groups excluding carboxylic acids is 1. The van der Waals surface area contributed by atoms with E-state index in [2.05, 4.69) is 9.97 Å². The van der Waals surface area contributed by atoms with E-state index in [0.29, 0.717) is 37.3 Å². The molecule has 0 atom stereocenters. The number of nitro groups is 1. The number of amides is 1. The normalized spacial score (nSPS) is 10.8. The number of carbonyl (C=O) groups is 1. The highest BCUT2D eigenvalue weighted by Gasteiger charge is 2.14. The van der Waals surface area contributed by atoms with Gasteiger partial charge in [-0.05, 0) is 38.5 Å². The van der Waals surface area contributed by atoms with Crippen molar-refractivity contribution < 1.29 is 9.72 Å². The molecule has 0 aliphatic rings. The first-order chi connectivity index (χ1) is 13.5. The Balaban J connectivity index is 1.95. The summed E-state index contributed by atoms with van der Waals surface area (Å²) in [6.07, 6.45) is 0.890. The Morgan fingerprint density at radius 2 is 1.71 bits per heavy atom. The van der Waals surface area contributed by atoms with Crippen LogP contribution in [0.5, 0.6) is 0 Å². The number of para-hydroxylation sites is 1. The van der Waals surface area contributed by atoms with Crippen LogP contribution in [-0.2, 0) is 11.2 Å². The minimum atomic E-state index is -0.435. The molecule has 28 heavy (non-hydrogen) atoms. The number of nitrogens with zero attached hydrogens (tertiary/aromatic N) is 4. The third-order valence-electron chi connectivity index (χ3n) is 4.71. The van der Waals surface area contributed by atoms with Gasteiger partial charge in [0.05, 0.1) is 16.1 Å². The fourth-order valence-electron chi connectivity index (χ4n) is 3.15. The number of hydrogen-bond acceptors (Lipinski definition) is 5. The molecule has 1 amide bonds. The number of hydrogen-bond donors (Lipinski definition) is 0. The number of rotatable bonds is 7. The summed E-state index contributed by atoms with van der Waals surface area (Å²) in [5.41, 5.74) is 2.32. The quantitative estimate of drug-likeness (QED) is 0.458. The van der Waals surface area contributed by atoms with E-state index < -0.39 is 4.92 Å². The second kappa shape index (κ2) is 8.56. The molecular weight excluding hydrogens is 356 g/mol. The Morgan fingerprint density at radius 1 is 1.04 bits per heavy atom. The summed E-state index contributed by atoms with van der Waals surface area (Å²) in [5.74, 6) is 0.600. The minimum Gasteiger partial charge on any atom is -0.343 e. The van der Waals surface area contributed by atoms with Crippen LogP contribution in [0.25, 0.3) is 22.3 Å². The van der Waals surface area contributed by atoms with Crippen LogP contribution >= 0.6 is 0 Å². The highest BCUT2D eigenvalue weighted by molar-refractivity contribution is 5.84. The van der Waals surface area contributed by atoms with Crippen molar-refractivity contribution in [1.82, 2.24) is 14.9 Å². The van der Waals surface area contributed by atoms with Gasteiger partial charge in [-0.15, -0.1) is 0 Å². The van der Waals surface area contributed by atoms with E-state index >= 15 is 0 Å². The van der Waals surface area contributed by atoms with Crippen molar-refractivity contribution in [3.63, 3.8) is 0 Å². The molecule has 2 aromatic carbocycles. The summed E-state index contributed by atoms with van der Waals surface area (Å²) >= 11 is 0. The minimum absolute atomic E-state index is 0.0228. The Hall–Kier alpha value is -3.35. The Kier molecular flexibility index (Phi) is 5.93. The van der Waals surface area contributed by atoms with Crippen molar-refractivity contribution in [3.05, 3.63) is 64.3 Å². The lowest BCUT2D eigenvalue weighted by molar-refractivity contribution is -0.384. The van der Waals surface area contributed by atoms with Crippen molar-refractivity contribution >= 4 is 22.5 Å². The molecule has 0 aliphatic carbocycles. The Bertz CT molecular complexity index is 998. The van der Waals surface area contributed by atoms with E-state index in [1.54, 1.807) is 17.0 Å². The van der Waals surface area contributed by atoms with Gasteiger partial charge >= 0.3 is 0 Å². The van der Waals surface area contributed by atoms with Crippen LogP contribution in [0.3, 0.4) is 0 Å². The van der Waals surface area contributed by atoms with Crippen LogP contribution in [-0.4, -0.2) is 38.8 Å². The molecule has 0 fully saturated rings. The van der Waals surface area contributed by atoms with Gasteiger partial charge in [-0.1, -0.05) is 18.2 Å². The first-order valence-corrected chi connectivity index (χ1v) is 9.31. The maximum Gasteiger partial charge on any atom is 0.269 e. The van der Waals surface area contributed by atoms with Gasteiger partial charge < -0.3 is 4.90 Å². The molecule has 3 aromatic rings. The summed E-state index contributed by atoms with van der Waals surface area (Å²) in [4.78, 5) is 33.9. The molecule has 0 aliphatic heterocycles. The van der Waals surface area contributed by atoms with Crippen LogP contribution in [0, 0.1) is 10.1 Å². The molecule has 1 aromatic heterocycles. The van der Waals surface area contributed by atoms with Crippen LogP contribution in [0.2, 0.25) is 0 Å². The molecule has 0 saturated heterocycles. The van der Waals surface area contributed by atoms with Crippen LogP contribution in [0.15, 0.2) is 48.5 Å². The van der Waals surface area contributed by atoms with E-state index in [0.717, 1.165) is 16.6 Å². The average molecular weight is 378 g/mol. The van der Waals surface area contributed by atoms with E-state index in [-0.39, 0.29) is 11.6 Å². The molecule has 7 nitrogen and oxygen atoms in total. The number of nitro benzene ring substituents is 1. The summed E-state index contributed by atoms with van der Waals surface area (Å²) in [7, 11) is 0. The molecule has 1 heterocycles. The average Bonchev–Trinajstić information content (AvgIpc) is 2.72. The van der Waals surface area contributed by atoms with Crippen molar-refractivity contribution in [3.8, 4) is 11.4 Å². The van der Waals surface area contributed by atoms with Crippen molar-refractivity contribution in [1.29, 1.82) is 0 Å². The second-order valence-electron chi connectivity index (χ2n) is 6.38. The number of aryl methyl sites for hydroxylation is 1. The van der Waals surface area contributed by atoms with Crippen LogP contribution in [0.4, 0.5) is 5.69 Å². The number of aromatic nitrogens is 2. The summed E-state index contributed by atoms with van der Waals surface area (Å²) in [5, 5.41) is 11.8. The maximum atomic E-state index is 12.4. The molecule has 3 rings (SSSR count). The van der Waals surface area contributed by atoms with E-state index in [9.17, 15) is 14.9 Å². The largest absolute Gasteiger partial charge is 0.343 e. The third-order valence-corrected chi connectivity index (χ3v) is 4.71. The molecule has 144 valence electrons. The van der Waals surface area contributed by atoms with Gasteiger partial charge in [0.1, 0.15) is 0 Å². The molecule has 0 radical (unpaired) electrons. The highest BCUT2D eigenvalue weighted by atomic mass is 16.6. The Morgan fingerprint density at radius 3 is 2.36 bits per heavy atom. The van der Waals surface area contributed by atoms with Gasteiger partial charge in [0, 0.05) is 42.6 Å². The third kappa shape index (κ3) is 4.14. The van der Waals surface area contributed by atoms with Crippen LogP contribution < -0.4 is 0 Å². The van der Waals surface area contributed by atoms with Gasteiger partial charge in [0.15, 0.2) is 5.82 Å². The summed E-state index contributed by atoms with van der Waals surface area (Å²) in [6.45, 7) is 5.31. The standard InChI is InChI=1S/C21H22N4O3/c1-3-24(4-2)20(26)14-13-19-17-7-5-6-8-18(17)22-21(23-19)15-9-11-16(12-10-15)25(27)28/h5-12H,3-4,13-14H2,1-2H3.